The molecule has 0 unspecified atom stereocenters. The molecule has 2 rings (SSSR count). The molecular formula is C9H17N5O2S. The first kappa shape index (κ1) is 12.5. The van der Waals surface area contributed by atoms with Crippen molar-refractivity contribution < 1.29 is 8.42 Å². The van der Waals surface area contributed by atoms with Crippen LogP contribution in [0.25, 0.3) is 0 Å². The zero-order valence-corrected chi connectivity index (χ0v) is 10.4. The van der Waals surface area contributed by atoms with E-state index in [1.807, 2.05) is 6.20 Å². The second-order valence-corrected chi connectivity index (χ2v) is 6.49. The average Bonchev–Trinajstić information content (AvgIpc) is 2.70. The lowest BCUT2D eigenvalue weighted by Gasteiger charge is -2.25. The van der Waals surface area contributed by atoms with Crippen molar-refractivity contribution in [3.63, 3.8) is 0 Å². The van der Waals surface area contributed by atoms with Crippen molar-refractivity contribution in [2.45, 2.75) is 13.1 Å². The molecule has 0 aromatic carbocycles. The van der Waals surface area contributed by atoms with Crippen LogP contribution in [0.4, 0.5) is 0 Å². The molecule has 0 aliphatic carbocycles. The van der Waals surface area contributed by atoms with Gasteiger partial charge in [-0.05, 0) is 0 Å². The van der Waals surface area contributed by atoms with Crippen molar-refractivity contribution in [1.29, 1.82) is 0 Å². The van der Waals surface area contributed by atoms with Gasteiger partial charge in [0.1, 0.15) is 0 Å². The maximum atomic E-state index is 11.3. The summed E-state index contributed by atoms with van der Waals surface area (Å²) in [5, 5.41) is 7.97. The van der Waals surface area contributed by atoms with Gasteiger partial charge in [-0.1, -0.05) is 5.21 Å². The summed E-state index contributed by atoms with van der Waals surface area (Å²) in [5.74, 6) is 0.480. The molecule has 1 saturated heterocycles. The Kier molecular flexibility index (Phi) is 3.75. The fraction of sp³-hybridized carbons (Fsp3) is 0.778. The minimum Gasteiger partial charge on any atom is -0.329 e. The first-order chi connectivity index (χ1) is 8.09. The van der Waals surface area contributed by atoms with E-state index >= 15 is 0 Å². The van der Waals surface area contributed by atoms with Crippen LogP contribution in [0.1, 0.15) is 5.69 Å². The monoisotopic (exact) mass is 259 g/mol. The smallest absolute Gasteiger partial charge is 0.152 e. The van der Waals surface area contributed by atoms with Crippen LogP contribution in [0.3, 0.4) is 0 Å². The Balaban J connectivity index is 1.88. The van der Waals surface area contributed by atoms with E-state index in [1.54, 1.807) is 4.68 Å². The molecule has 1 aliphatic heterocycles. The van der Waals surface area contributed by atoms with Gasteiger partial charge in [0.25, 0.3) is 0 Å². The molecule has 0 radical (unpaired) electrons. The molecule has 0 amide bonds. The molecule has 1 aromatic heterocycles. The van der Waals surface area contributed by atoms with E-state index in [1.165, 1.54) is 0 Å². The lowest BCUT2D eigenvalue weighted by Crippen LogP contribution is -2.39. The lowest BCUT2D eigenvalue weighted by atomic mass is 10.4. The van der Waals surface area contributed by atoms with Crippen molar-refractivity contribution in [1.82, 2.24) is 19.9 Å². The van der Waals surface area contributed by atoms with Crippen LogP contribution in [0.5, 0.6) is 0 Å². The second-order valence-electron chi connectivity index (χ2n) is 4.19. The third-order valence-electron chi connectivity index (χ3n) is 2.77. The summed E-state index contributed by atoms with van der Waals surface area (Å²) in [6.07, 6.45) is 1.86. The molecule has 7 nitrogen and oxygen atoms in total. The Morgan fingerprint density at radius 3 is 2.71 bits per heavy atom. The minimum atomic E-state index is -2.81. The van der Waals surface area contributed by atoms with Gasteiger partial charge in [-0.15, -0.1) is 5.10 Å². The highest BCUT2D eigenvalue weighted by Gasteiger charge is 2.22. The van der Waals surface area contributed by atoms with Crippen molar-refractivity contribution in [3.05, 3.63) is 11.9 Å². The number of hydrogen-bond donors (Lipinski definition) is 1. The van der Waals surface area contributed by atoms with E-state index < -0.39 is 9.84 Å². The fourth-order valence-electron chi connectivity index (χ4n) is 1.79. The second kappa shape index (κ2) is 5.11. The SMILES string of the molecule is NCCn1cc(CN2CCS(=O)(=O)CC2)nn1. The predicted octanol–water partition coefficient (Wildman–Crippen LogP) is -1.53. The Bertz CT molecular complexity index is 455. The lowest BCUT2D eigenvalue weighted by molar-refractivity contribution is 0.284. The highest BCUT2D eigenvalue weighted by atomic mass is 32.2. The largest absolute Gasteiger partial charge is 0.329 e. The number of aromatic nitrogens is 3. The van der Waals surface area contributed by atoms with Gasteiger partial charge in [-0.2, -0.15) is 0 Å². The molecule has 1 aromatic rings. The highest BCUT2D eigenvalue weighted by Crippen LogP contribution is 2.07. The van der Waals surface area contributed by atoms with E-state index in [-0.39, 0.29) is 11.5 Å². The van der Waals surface area contributed by atoms with E-state index in [2.05, 4.69) is 15.2 Å². The van der Waals surface area contributed by atoms with Gasteiger partial charge in [0.05, 0.1) is 23.7 Å². The van der Waals surface area contributed by atoms with Crippen LogP contribution in [-0.4, -0.2) is 59.5 Å². The standard InChI is InChI=1S/C9H17N5O2S/c10-1-2-14-8-9(11-12-14)7-13-3-5-17(15,16)6-4-13/h8H,1-7,10H2. The van der Waals surface area contributed by atoms with Gasteiger partial charge in [-0.25, -0.2) is 8.42 Å². The summed E-state index contributed by atoms with van der Waals surface area (Å²) in [4.78, 5) is 2.08. The highest BCUT2D eigenvalue weighted by molar-refractivity contribution is 7.91. The van der Waals surface area contributed by atoms with Crippen LogP contribution in [0, 0.1) is 0 Å². The van der Waals surface area contributed by atoms with E-state index in [4.69, 9.17) is 5.73 Å². The Morgan fingerprint density at radius 2 is 2.06 bits per heavy atom. The number of rotatable bonds is 4. The molecule has 1 aliphatic rings. The Hall–Kier alpha value is -0.990. The van der Waals surface area contributed by atoms with Gasteiger partial charge >= 0.3 is 0 Å². The van der Waals surface area contributed by atoms with E-state index in [0.717, 1.165) is 5.69 Å². The first-order valence-corrected chi connectivity index (χ1v) is 7.43. The zero-order chi connectivity index (χ0) is 12.3. The average molecular weight is 259 g/mol. The maximum absolute atomic E-state index is 11.3. The van der Waals surface area contributed by atoms with E-state index in [9.17, 15) is 8.42 Å². The van der Waals surface area contributed by atoms with Crippen molar-refractivity contribution >= 4 is 9.84 Å². The Labute approximate surface area is 101 Å². The van der Waals surface area contributed by atoms with Gasteiger partial charge in [0.2, 0.25) is 0 Å². The van der Waals surface area contributed by atoms with Crippen molar-refractivity contribution in [2.75, 3.05) is 31.1 Å². The van der Waals surface area contributed by atoms with Crippen LogP contribution in [0.2, 0.25) is 0 Å². The van der Waals surface area contributed by atoms with Gasteiger partial charge in [0, 0.05) is 32.4 Å². The number of hydrogen-bond acceptors (Lipinski definition) is 6. The minimum absolute atomic E-state index is 0.240. The van der Waals surface area contributed by atoms with Crippen LogP contribution in [0.15, 0.2) is 6.20 Å². The van der Waals surface area contributed by atoms with Crippen LogP contribution in [-0.2, 0) is 22.9 Å². The van der Waals surface area contributed by atoms with Gasteiger partial charge in [-0.3, -0.25) is 9.58 Å². The van der Waals surface area contributed by atoms with Crippen molar-refractivity contribution in [3.8, 4) is 0 Å². The van der Waals surface area contributed by atoms with Crippen LogP contribution >= 0.6 is 0 Å². The summed E-state index contributed by atoms with van der Waals surface area (Å²) in [5.41, 5.74) is 6.28. The quantitative estimate of drug-likeness (QED) is 0.705. The topological polar surface area (TPSA) is 94.1 Å². The third-order valence-corrected chi connectivity index (χ3v) is 4.38. The van der Waals surface area contributed by atoms with E-state index in [0.29, 0.717) is 32.7 Å². The molecule has 96 valence electrons. The first-order valence-electron chi connectivity index (χ1n) is 5.61. The molecule has 0 atom stereocenters. The zero-order valence-electron chi connectivity index (χ0n) is 9.62. The molecule has 2 N–H and O–H groups in total. The normalized spacial score (nSPS) is 20.5. The molecule has 0 bridgehead atoms. The predicted molar refractivity (Wildman–Crippen MR) is 63.0 cm³/mol. The third kappa shape index (κ3) is 3.48. The summed E-state index contributed by atoms with van der Waals surface area (Å²) in [7, 11) is -2.81. The summed E-state index contributed by atoms with van der Waals surface area (Å²) < 4.78 is 24.2. The molecule has 8 heteroatoms. The van der Waals surface area contributed by atoms with Gasteiger partial charge in [0.15, 0.2) is 9.84 Å². The fourth-order valence-corrected chi connectivity index (χ4v) is 3.07. The summed E-state index contributed by atoms with van der Waals surface area (Å²) in [6.45, 7) is 2.99. The molecule has 2 heterocycles. The summed E-state index contributed by atoms with van der Waals surface area (Å²) in [6, 6.07) is 0. The van der Waals surface area contributed by atoms with Gasteiger partial charge < -0.3 is 5.73 Å². The number of nitrogens with two attached hydrogens (primary N) is 1. The number of sulfone groups is 1. The molecule has 17 heavy (non-hydrogen) atoms. The van der Waals surface area contributed by atoms with Crippen LogP contribution < -0.4 is 5.73 Å². The maximum Gasteiger partial charge on any atom is 0.152 e. The molecular weight excluding hydrogens is 242 g/mol. The molecule has 1 fully saturated rings. The molecule has 0 spiro atoms. The van der Waals surface area contributed by atoms with Crippen molar-refractivity contribution in [2.24, 2.45) is 5.73 Å². The Morgan fingerprint density at radius 1 is 1.35 bits per heavy atom. The number of nitrogens with zero attached hydrogens (tertiary/aromatic N) is 4. The summed E-state index contributed by atoms with van der Waals surface area (Å²) >= 11 is 0. The molecule has 0 saturated carbocycles.